The molecule has 0 aromatic heterocycles. The monoisotopic (exact) mass is 307 g/mol. The molecule has 0 aliphatic rings. The first kappa shape index (κ1) is 17.5. The van der Waals surface area contributed by atoms with Crippen LogP contribution in [0.3, 0.4) is 0 Å². The highest BCUT2D eigenvalue weighted by molar-refractivity contribution is 5.99. The van der Waals surface area contributed by atoms with Gasteiger partial charge in [-0.25, -0.2) is 9.59 Å². The van der Waals surface area contributed by atoms with Crippen LogP contribution in [0.25, 0.3) is 0 Å². The quantitative estimate of drug-likeness (QED) is 0.524. The van der Waals surface area contributed by atoms with Crippen molar-refractivity contribution in [2.24, 2.45) is 5.73 Å². The molecule has 120 valence electrons. The van der Waals surface area contributed by atoms with Crippen LogP contribution in [0.5, 0.6) is 0 Å². The van der Waals surface area contributed by atoms with E-state index in [9.17, 15) is 14.4 Å². The van der Waals surface area contributed by atoms with Gasteiger partial charge in [-0.15, -0.1) is 0 Å². The topological polar surface area (TPSA) is 111 Å². The number of carbonyl (C=O) groups is 3. The number of amides is 3. The number of anilines is 1. The molecule has 7 heteroatoms. The van der Waals surface area contributed by atoms with E-state index in [1.807, 2.05) is 5.32 Å². The van der Waals surface area contributed by atoms with Gasteiger partial charge in [0.05, 0.1) is 5.56 Å². The van der Waals surface area contributed by atoms with E-state index in [4.69, 9.17) is 10.5 Å². The molecule has 1 atom stereocenters. The van der Waals surface area contributed by atoms with Gasteiger partial charge >= 0.3 is 12.0 Å². The van der Waals surface area contributed by atoms with E-state index in [2.05, 4.69) is 12.2 Å². The van der Waals surface area contributed by atoms with Gasteiger partial charge in [-0.05, 0) is 25.5 Å². The first-order valence-corrected chi connectivity index (χ1v) is 7.09. The molecule has 0 heterocycles. The van der Waals surface area contributed by atoms with Gasteiger partial charge in [0.15, 0.2) is 6.10 Å². The molecule has 0 bridgehead atoms. The standard InChI is InChI=1S/C15H21N3O4/c1-3-4-9-17-12-8-6-5-7-11(12)14(20)22-10(2)13(19)18-15(16)21/h5-8,10,17H,3-4,9H2,1-2H3,(H3,16,18,19,21)/t10-/m1/s1. The fraction of sp³-hybridized carbons (Fsp3) is 0.400. The smallest absolute Gasteiger partial charge is 0.341 e. The van der Waals surface area contributed by atoms with Crippen molar-refractivity contribution in [3.8, 4) is 0 Å². The third-order valence-electron chi connectivity index (χ3n) is 2.89. The number of hydrogen-bond donors (Lipinski definition) is 3. The molecule has 0 aliphatic heterocycles. The summed E-state index contributed by atoms with van der Waals surface area (Å²) in [6.07, 6.45) is 0.883. The molecule has 0 radical (unpaired) electrons. The summed E-state index contributed by atoms with van der Waals surface area (Å²) in [6, 6.07) is 5.88. The molecule has 1 rings (SSSR count). The van der Waals surface area contributed by atoms with Crippen molar-refractivity contribution in [1.29, 1.82) is 0 Å². The van der Waals surface area contributed by atoms with E-state index in [1.54, 1.807) is 24.3 Å². The molecular formula is C15H21N3O4. The number of benzene rings is 1. The number of unbranched alkanes of at least 4 members (excludes halogenated alkanes) is 1. The lowest BCUT2D eigenvalue weighted by atomic mass is 10.1. The van der Waals surface area contributed by atoms with Crippen LogP contribution in [-0.4, -0.2) is 30.6 Å². The van der Waals surface area contributed by atoms with Gasteiger partial charge < -0.3 is 15.8 Å². The fourth-order valence-corrected chi connectivity index (χ4v) is 1.72. The molecule has 0 saturated carbocycles. The van der Waals surface area contributed by atoms with Gasteiger partial charge in [0.1, 0.15) is 0 Å². The van der Waals surface area contributed by atoms with E-state index in [0.29, 0.717) is 11.3 Å². The second kappa shape index (κ2) is 8.66. The third kappa shape index (κ3) is 5.43. The van der Waals surface area contributed by atoms with Gasteiger partial charge in [0, 0.05) is 12.2 Å². The third-order valence-corrected chi connectivity index (χ3v) is 2.89. The van der Waals surface area contributed by atoms with Crippen LogP contribution in [0.1, 0.15) is 37.0 Å². The molecule has 4 N–H and O–H groups in total. The largest absolute Gasteiger partial charge is 0.449 e. The van der Waals surface area contributed by atoms with Gasteiger partial charge in [-0.2, -0.15) is 0 Å². The first-order chi connectivity index (χ1) is 10.5. The van der Waals surface area contributed by atoms with Crippen LogP contribution in [0.15, 0.2) is 24.3 Å². The molecule has 1 aromatic rings. The van der Waals surface area contributed by atoms with Crippen LogP contribution in [-0.2, 0) is 9.53 Å². The molecule has 0 saturated heterocycles. The lowest BCUT2D eigenvalue weighted by Crippen LogP contribution is -2.42. The summed E-state index contributed by atoms with van der Waals surface area (Å²) in [7, 11) is 0. The second-order valence-electron chi connectivity index (χ2n) is 4.73. The maximum Gasteiger partial charge on any atom is 0.341 e. The van der Waals surface area contributed by atoms with E-state index in [-0.39, 0.29) is 0 Å². The zero-order chi connectivity index (χ0) is 16.5. The number of para-hydroxylation sites is 1. The number of carbonyl (C=O) groups excluding carboxylic acids is 3. The van der Waals surface area contributed by atoms with Crippen LogP contribution in [0, 0.1) is 0 Å². The average Bonchev–Trinajstić information content (AvgIpc) is 2.47. The summed E-state index contributed by atoms with van der Waals surface area (Å²) < 4.78 is 5.05. The van der Waals surface area contributed by atoms with Crippen molar-refractivity contribution < 1.29 is 19.1 Å². The SMILES string of the molecule is CCCCNc1ccccc1C(=O)O[C@H](C)C(=O)NC(N)=O. The van der Waals surface area contributed by atoms with E-state index in [0.717, 1.165) is 19.4 Å². The molecule has 0 spiro atoms. The minimum Gasteiger partial charge on any atom is -0.449 e. The number of urea groups is 1. The number of ether oxygens (including phenoxy) is 1. The van der Waals surface area contributed by atoms with Crippen LogP contribution in [0.2, 0.25) is 0 Å². The number of nitrogens with one attached hydrogen (secondary N) is 2. The first-order valence-electron chi connectivity index (χ1n) is 7.09. The molecular weight excluding hydrogens is 286 g/mol. The Balaban J connectivity index is 2.72. The predicted molar refractivity (Wildman–Crippen MR) is 82.4 cm³/mol. The summed E-state index contributed by atoms with van der Waals surface area (Å²) in [5, 5.41) is 5.02. The van der Waals surface area contributed by atoms with Crippen molar-refractivity contribution in [2.75, 3.05) is 11.9 Å². The highest BCUT2D eigenvalue weighted by Crippen LogP contribution is 2.17. The Morgan fingerprint density at radius 3 is 2.59 bits per heavy atom. The maximum absolute atomic E-state index is 12.1. The Kier molecular flexibility index (Phi) is 6.88. The lowest BCUT2D eigenvalue weighted by molar-refractivity contribution is -0.127. The Labute approximate surface area is 129 Å². The zero-order valence-electron chi connectivity index (χ0n) is 12.7. The van der Waals surface area contributed by atoms with Crippen molar-refractivity contribution in [3.05, 3.63) is 29.8 Å². The summed E-state index contributed by atoms with van der Waals surface area (Å²) >= 11 is 0. The van der Waals surface area contributed by atoms with Crippen LogP contribution < -0.4 is 16.4 Å². The molecule has 3 amide bonds. The molecule has 22 heavy (non-hydrogen) atoms. The number of primary amides is 1. The molecule has 7 nitrogen and oxygen atoms in total. The second-order valence-corrected chi connectivity index (χ2v) is 4.73. The van der Waals surface area contributed by atoms with E-state index >= 15 is 0 Å². The lowest BCUT2D eigenvalue weighted by Gasteiger charge is -2.14. The number of rotatable bonds is 7. The minimum absolute atomic E-state index is 0.331. The highest BCUT2D eigenvalue weighted by atomic mass is 16.5. The zero-order valence-corrected chi connectivity index (χ0v) is 12.7. The maximum atomic E-state index is 12.1. The van der Waals surface area contributed by atoms with Gasteiger partial charge in [-0.1, -0.05) is 25.5 Å². The summed E-state index contributed by atoms with van der Waals surface area (Å²) in [5.41, 5.74) is 5.82. The van der Waals surface area contributed by atoms with E-state index < -0.39 is 24.0 Å². The van der Waals surface area contributed by atoms with Crippen LogP contribution >= 0.6 is 0 Å². The highest BCUT2D eigenvalue weighted by Gasteiger charge is 2.21. The number of esters is 1. The van der Waals surface area contributed by atoms with Crippen molar-refractivity contribution in [1.82, 2.24) is 5.32 Å². The Morgan fingerprint density at radius 2 is 1.95 bits per heavy atom. The number of nitrogens with two attached hydrogens (primary N) is 1. The fourth-order valence-electron chi connectivity index (χ4n) is 1.72. The minimum atomic E-state index is -1.12. The van der Waals surface area contributed by atoms with Gasteiger partial charge in [-0.3, -0.25) is 10.1 Å². The summed E-state index contributed by atoms with van der Waals surface area (Å²) in [6.45, 7) is 4.17. The van der Waals surface area contributed by atoms with Crippen molar-refractivity contribution >= 4 is 23.6 Å². The van der Waals surface area contributed by atoms with Crippen LogP contribution in [0.4, 0.5) is 10.5 Å². The number of hydrogen-bond acceptors (Lipinski definition) is 5. The van der Waals surface area contributed by atoms with Gasteiger partial charge in [0.2, 0.25) is 0 Å². The average molecular weight is 307 g/mol. The normalized spacial score (nSPS) is 11.4. The van der Waals surface area contributed by atoms with Gasteiger partial charge in [0.25, 0.3) is 5.91 Å². The Morgan fingerprint density at radius 1 is 1.27 bits per heavy atom. The van der Waals surface area contributed by atoms with Crippen molar-refractivity contribution in [2.45, 2.75) is 32.8 Å². The predicted octanol–water partition coefficient (Wildman–Crippen LogP) is 1.64. The Hall–Kier alpha value is -2.57. The molecule has 0 unspecified atom stereocenters. The van der Waals surface area contributed by atoms with Crippen molar-refractivity contribution in [3.63, 3.8) is 0 Å². The molecule has 0 aliphatic carbocycles. The number of imide groups is 1. The summed E-state index contributed by atoms with van der Waals surface area (Å²) in [4.78, 5) is 34.3. The Bertz CT molecular complexity index is 545. The summed E-state index contributed by atoms with van der Waals surface area (Å²) in [5.74, 6) is -1.41. The molecule has 1 aromatic carbocycles. The molecule has 0 fully saturated rings. The van der Waals surface area contributed by atoms with E-state index in [1.165, 1.54) is 6.92 Å².